The molecule has 0 atom stereocenters. The first-order valence-electron chi connectivity index (χ1n) is 7.65. The molecular formula is C17H21N3O3S. The van der Waals surface area contributed by atoms with Crippen molar-refractivity contribution >= 4 is 26.8 Å². The summed E-state index contributed by atoms with van der Waals surface area (Å²) in [6.45, 7) is 7.74. The van der Waals surface area contributed by atoms with Gasteiger partial charge in [-0.15, -0.1) is 0 Å². The SMILES string of the molecule is Cc1c(S(=O)(=O)Nc2cc(C(C)(C)C)no2)c2ccccc2n1C. The molecule has 0 spiro atoms. The van der Waals surface area contributed by atoms with E-state index in [2.05, 4.69) is 9.88 Å². The average molecular weight is 347 g/mol. The van der Waals surface area contributed by atoms with E-state index in [0.717, 1.165) is 5.52 Å². The molecule has 0 aliphatic heterocycles. The Kier molecular flexibility index (Phi) is 3.71. The Balaban J connectivity index is 2.06. The van der Waals surface area contributed by atoms with Crippen LogP contribution < -0.4 is 4.72 Å². The average Bonchev–Trinajstić information content (AvgIpc) is 3.03. The maximum atomic E-state index is 12.9. The van der Waals surface area contributed by atoms with Gasteiger partial charge in [0.05, 0.1) is 5.69 Å². The van der Waals surface area contributed by atoms with Crippen LogP contribution in [0.25, 0.3) is 10.9 Å². The zero-order valence-electron chi connectivity index (χ0n) is 14.4. The van der Waals surface area contributed by atoms with Gasteiger partial charge in [-0.2, -0.15) is 0 Å². The molecular weight excluding hydrogens is 326 g/mol. The first kappa shape index (κ1) is 16.6. The molecule has 7 heteroatoms. The molecule has 128 valence electrons. The molecule has 1 aromatic carbocycles. The summed E-state index contributed by atoms with van der Waals surface area (Å²) in [4.78, 5) is 0.259. The molecule has 1 N–H and O–H groups in total. The van der Waals surface area contributed by atoms with Gasteiger partial charge in [-0.1, -0.05) is 44.1 Å². The van der Waals surface area contributed by atoms with Crippen LogP contribution in [0.15, 0.2) is 39.8 Å². The second kappa shape index (κ2) is 5.37. The van der Waals surface area contributed by atoms with Gasteiger partial charge in [0.1, 0.15) is 4.90 Å². The molecule has 0 saturated heterocycles. The molecule has 0 amide bonds. The van der Waals surface area contributed by atoms with Crippen molar-refractivity contribution in [3.63, 3.8) is 0 Å². The van der Waals surface area contributed by atoms with E-state index in [4.69, 9.17) is 4.52 Å². The van der Waals surface area contributed by atoms with Crippen LogP contribution in [0.2, 0.25) is 0 Å². The highest BCUT2D eigenvalue weighted by Crippen LogP contribution is 2.31. The minimum Gasteiger partial charge on any atom is -0.347 e. The van der Waals surface area contributed by atoms with Crippen molar-refractivity contribution < 1.29 is 12.9 Å². The van der Waals surface area contributed by atoms with Crippen molar-refractivity contribution in [2.75, 3.05) is 4.72 Å². The lowest BCUT2D eigenvalue weighted by atomic mass is 9.92. The van der Waals surface area contributed by atoms with Gasteiger partial charge in [0.2, 0.25) is 5.88 Å². The minimum absolute atomic E-state index is 0.118. The molecule has 0 aliphatic carbocycles. The number of benzene rings is 1. The van der Waals surface area contributed by atoms with E-state index in [1.165, 1.54) is 0 Å². The Morgan fingerprint density at radius 3 is 2.50 bits per heavy atom. The molecule has 2 aromatic heterocycles. The van der Waals surface area contributed by atoms with E-state index in [-0.39, 0.29) is 16.2 Å². The molecule has 3 rings (SSSR count). The Bertz CT molecular complexity index is 1010. The summed E-state index contributed by atoms with van der Waals surface area (Å²) in [5, 5.41) is 4.63. The van der Waals surface area contributed by atoms with Gasteiger partial charge in [-0.05, 0) is 13.0 Å². The van der Waals surface area contributed by atoms with Crippen molar-refractivity contribution in [1.82, 2.24) is 9.72 Å². The standard InChI is InChI=1S/C17H21N3O3S/c1-11-16(12-8-6-7-9-13(12)20(11)5)24(21,22)19-15-10-14(18-23-15)17(2,3)4/h6-10,19H,1-5H3. The first-order chi connectivity index (χ1) is 11.1. The molecule has 3 aromatic rings. The smallest absolute Gasteiger partial charge is 0.266 e. The third kappa shape index (κ3) is 2.69. The van der Waals surface area contributed by atoms with E-state index >= 15 is 0 Å². The highest BCUT2D eigenvalue weighted by Gasteiger charge is 2.26. The largest absolute Gasteiger partial charge is 0.347 e. The van der Waals surface area contributed by atoms with Crippen LogP contribution >= 0.6 is 0 Å². The number of hydrogen-bond acceptors (Lipinski definition) is 4. The third-order valence-electron chi connectivity index (χ3n) is 4.12. The van der Waals surface area contributed by atoms with Crippen LogP contribution in [0.1, 0.15) is 32.2 Å². The van der Waals surface area contributed by atoms with Gasteiger partial charge < -0.3 is 9.09 Å². The third-order valence-corrected chi connectivity index (χ3v) is 5.65. The summed E-state index contributed by atoms with van der Waals surface area (Å²) in [6, 6.07) is 9.04. The van der Waals surface area contributed by atoms with E-state index in [0.29, 0.717) is 16.8 Å². The molecule has 0 radical (unpaired) electrons. The zero-order valence-corrected chi connectivity index (χ0v) is 15.2. The van der Waals surface area contributed by atoms with E-state index < -0.39 is 10.0 Å². The maximum absolute atomic E-state index is 12.9. The summed E-state index contributed by atoms with van der Waals surface area (Å²) in [6.07, 6.45) is 0. The molecule has 0 saturated carbocycles. The Morgan fingerprint density at radius 1 is 1.21 bits per heavy atom. The van der Waals surface area contributed by atoms with Crippen LogP contribution in [0.3, 0.4) is 0 Å². The number of hydrogen-bond donors (Lipinski definition) is 1. The van der Waals surface area contributed by atoms with Gasteiger partial charge >= 0.3 is 0 Å². The number of fused-ring (bicyclic) bond motifs is 1. The van der Waals surface area contributed by atoms with Crippen LogP contribution in [-0.2, 0) is 22.5 Å². The normalized spacial score (nSPS) is 12.7. The predicted molar refractivity (Wildman–Crippen MR) is 93.7 cm³/mol. The van der Waals surface area contributed by atoms with Crippen molar-refractivity contribution in [1.29, 1.82) is 0 Å². The number of nitrogens with one attached hydrogen (secondary N) is 1. The van der Waals surface area contributed by atoms with Crippen LogP contribution in [0.5, 0.6) is 0 Å². The van der Waals surface area contributed by atoms with Crippen LogP contribution in [-0.4, -0.2) is 18.1 Å². The number of anilines is 1. The molecule has 0 fully saturated rings. The Morgan fingerprint density at radius 2 is 1.88 bits per heavy atom. The maximum Gasteiger partial charge on any atom is 0.266 e. The molecule has 0 bridgehead atoms. The summed E-state index contributed by atoms with van der Waals surface area (Å²) in [7, 11) is -1.94. The van der Waals surface area contributed by atoms with Gasteiger partial charge in [-0.3, -0.25) is 0 Å². The van der Waals surface area contributed by atoms with Crippen LogP contribution in [0, 0.1) is 6.92 Å². The minimum atomic E-state index is -3.79. The first-order valence-corrected chi connectivity index (χ1v) is 9.13. The molecule has 6 nitrogen and oxygen atoms in total. The highest BCUT2D eigenvalue weighted by molar-refractivity contribution is 7.93. The number of aryl methyl sites for hydroxylation is 1. The number of aromatic nitrogens is 2. The van der Waals surface area contributed by atoms with Gasteiger partial charge in [0.15, 0.2) is 0 Å². The van der Waals surface area contributed by atoms with E-state index in [1.54, 1.807) is 19.1 Å². The van der Waals surface area contributed by atoms with Gasteiger partial charge in [0.25, 0.3) is 10.0 Å². The van der Waals surface area contributed by atoms with Crippen molar-refractivity contribution in [2.45, 2.75) is 38.0 Å². The molecule has 2 heterocycles. The predicted octanol–water partition coefficient (Wildman–Crippen LogP) is 3.57. The van der Waals surface area contributed by atoms with Crippen molar-refractivity contribution in [3.05, 3.63) is 41.7 Å². The lowest BCUT2D eigenvalue weighted by Crippen LogP contribution is -2.14. The second-order valence-corrected chi connectivity index (χ2v) is 8.54. The summed E-state index contributed by atoms with van der Waals surface area (Å²) < 4.78 is 35.3. The Labute approximate surface area is 141 Å². The number of nitrogens with zero attached hydrogens (tertiary/aromatic N) is 2. The van der Waals surface area contributed by atoms with E-state index in [1.807, 2.05) is 50.6 Å². The molecule has 0 unspecified atom stereocenters. The number of sulfonamides is 1. The fraction of sp³-hybridized carbons (Fsp3) is 0.353. The topological polar surface area (TPSA) is 77.1 Å². The monoisotopic (exact) mass is 347 g/mol. The fourth-order valence-electron chi connectivity index (χ4n) is 2.69. The Hall–Kier alpha value is -2.28. The molecule has 24 heavy (non-hydrogen) atoms. The highest BCUT2D eigenvalue weighted by atomic mass is 32.2. The van der Waals surface area contributed by atoms with Gasteiger partial charge in [-0.25, -0.2) is 13.1 Å². The van der Waals surface area contributed by atoms with Crippen molar-refractivity contribution in [3.8, 4) is 0 Å². The summed E-state index contributed by atoms with van der Waals surface area (Å²) in [5.74, 6) is 0.118. The van der Waals surface area contributed by atoms with Gasteiger partial charge in [0, 0.05) is 35.1 Å². The fourth-order valence-corrected chi connectivity index (χ4v) is 4.14. The number of rotatable bonds is 3. The summed E-state index contributed by atoms with van der Waals surface area (Å²) in [5.41, 5.74) is 2.00. The zero-order chi connectivity index (χ0) is 17.7. The quantitative estimate of drug-likeness (QED) is 0.786. The lowest BCUT2D eigenvalue weighted by Gasteiger charge is -2.12. The van der Waals surface area contributed by atoms with Crippen LogP contribution in [0.4, 0.5) is 5.88 Å². The number of para-hydroxylation sites is 1. The second-order valence-electron chi connectivity index (χ2n) is 6.92. The van der Waals surface area contributed by atoms with Crippen molar-refractivity contribution in [2.24, 2.45) is 7.05 Å². The summed E-state index contributed by atoms with van der Waals surface area (Å²) >= 11 is 0. The van der Waals surface area contributed by atoms with E-state index in [9.17, 15) is 8.42 Å². The molecule has 0 aliphatic rings. The lowest BCUT2D eigenvalue weighted by molar-refractivity contribution is 0.405.